The molecule has 0 fully saturated rings. The number of pyridine rings is 1. The molecule has 2 aromatic rings. The highest BCUT2D eigenvalue weighted by Crippen LogP contribution is 2.12. The normalized spacial score (nSPS) is 10.2. The molecule has 21 heavy (non-hydrogen) atoms. The number of hydrogen-bond donors (Lipinski definition) is 2. The molecule has 5 heteroatoms. The van der Waals surface area contributed by atoms with Crippen LogP contribution in [0.1, 0.15) is 27.0 Å². The lowest BCUT2D eigenvalue weighted by Gasteiger charge is -2.07. The van der Waals surface area contributed by atoms with Gasteiger partial charge in [0.2, 0.25) is 5.91 Å². The van der Waals surface area contributed by atoms with Crippen molar-refractivity contribution in [3.8, 4) is 0 Å². The van der Waals surface area contributed by atoms with Crippen LogP contribution in [0.4, 0.5) is 5.82 Å². The van der Waals surface area contributed by atoms with Gasteiger partial charge in [0.1, 0.15) is 5.82 Å². The summed E-state index contributed by atoms with van der Waals surface area (Å²) in [5.41, 5.74) is 3.30. The second-order valence-electron chi connectivity index (χ2n) is 4.88. The monoisotopic (exact) mass is 284 g/mol. The van der Waals surface area contributed by atoms with Gasteiger partial charge in [-0.3, -0.25) is 4.79 Å². The van der Waals surface area contributed by atoms with Crippen LogP contribution in [-0.2, 0) is 11.2 Å². The molecule has 0 radical (unpaired) electrons. The van der Waals surface area contributed by atoms with Crippen LogP contribution < -0.4 is 5.32 Å². The van der Waals surface area contributed by atoms with E-state index in [1.807, 2.05) is 32.0 Å². The topological polar surface area (TPSA) is 79.3 Å². The second-order valence-corrected chi connectivity index (χ2v) is 4.88. The molecule has 0 saturated carbocycles. The Bertz CT molecular complexity index is 696. The maximum Gasteiger partial charge on any atom is 0.335 e. The Morgan fingerprint density at radius 3 is 2.57 bits per heavy atom. The van der Waals surface area contributed by atoms with Crippen molar-refractivity contribution in [3.05, 3.63) is 58.8 Å². The number of benzene rings is 1. The molecular weight excluding hydrogens is 268 g/mol. The second kappa shape index (κ2) is 6.17. The van der Waals surface area contributed by atoms with Crippen molar-refractivity contribution in [2.24, 2.45) is 0 Å². The van der Waals surface area contributed by atoms with E-state index in [1.165, 1.54) is 23.9 Å². The molecule has 1 heterocycles. The van der Waals surface area contributed by atoms with E-state index in [0.29, 0.717) is 0 Å². The molecule has 0 spiro atoms. The van der Waals surface area contributed by atoms with E-state index >= 15 is 0 Å². The summed E-state index contributed by atoms with van der Waals surface area (Å²) in [7, 11) is 0. The third kappa shape index (κ3) is 3.89. The van der Waals surface area contributed by atoms with Gasteiger partial charge in [-0.25, -0.2) is 9.78 Å². The largest absolute Gasteiger partial charge is 0.478 e. The minimum Gasteiger partial charge on any atom is -0.478 e. The Balaban J connectivity index is 2.06. The number of aromatic nitrogens is 1. The van der Waals surface area contributed by atoms with E-state index in [9.17, 15) is 9.59 Å². The minimum atomic E-state index is -1.05. The fourth-order valence-electron chi connectivity index (χ4n) is 1.92. The molecular formula is C16H16N2O3. The molecule has 0 saturated heterocycles. The Hall–Kier alpha value is -2.69. The highest BCUT2D eigenvalue weighted by atomic mass is 16.4. The average Bonchev–Trinajstić information content (AvgIpc) is 2.43. The summed E-state index contributed by atoms with van der Waals surface area (Å²) < 4.78 is 0. The number of rotatable bonds is 4. The van der Waals surface area contributed by atoms with Crippen molar-refractivity contribution in [3.63, 3.8) is 0 Å². The lowest BCUT2D eigenvalue weighted by atomic mass is 10.0. The predicted octanol–water partition coefficient (Wildman–Crippen LogP) is 2.58. The Morgan fingerprint density at radius 1 is 1.14 bits per heavy atom. The first-order chi connectivity index (χ1) is 9.95. The van der Waals surface area contributed by atoms with Gasteiger partial charge in [-0.1, -0.05) is 18.2 Å². The first-order valence-corrected chi connectivity index (χ1v) is 6.51. The lowest BCUT2D eigenvalue weighted by Crippen LogP contribution is -2.16. The van der Waals surface area contributed by atoms with Crippen LogP contribution in [0.2, 0.25) is 0 Å². The number of carboxylic acid groups (broad SMARTS) is 1. The van der Waals surface area contributed by atoms with Gasteiger partial charge in [0.05, 0.1) is 12.0 Å². The third-order valence-electron chi connectivity index (χ3n) is 3.21. The number of carbonyl (C=O) groups is 2. The molecule has 1 amide bonds. The number of aromatic carboxylic acids is 1. The van der Waals surface area contributed by atoms with Gasteiger partial charge >= 0.3 is 5.97 Å². The van der Waals surface area contributed by atoms with Crippen LogP contribution >= 0.6 is 0 Å². The van der Waals surface area contributed by atoms with Gasteiger partial charge in [-0.05, 0) is 42.7 Å². The summed E-state index contributed by atoms with van der Waals surface area (Å²) in [6.07, 6.45) is 1.58. The molecule has 1 aromatic carbocycles. The first-order valence-electron chi connectivity index (χ1n) is 6.51. The number of hydrogen-bond acceptors (Lipinski definition) is 3. The number of nitrogens with one attached hydrogen (secondary N) is 1. The summed E-state index contributed by atoms with van der Waals surface area (Å²) in [5.74, 6) is -1.04. The van der Waals surface area contributed by atoms with E-state index in [4.69, 9.17) is 5.11 Å². The van der Waals surface area contributed by atoms with Crippen LogP contribution in [0, 0.1) is 13.8 Å². The fraction of sp³-hybridized carbons (Fsp3) is 0.188. The van der Waals surface area contributed by atoms with E-state index < -0.39 is 5.97 Å². The van der Waals surface area contributed by atoms with Gasteiger partial charge in [0, 0.05) is 6.20 Å². The van der Waals surface area contributed by atoms with Crippen LogP contribution in [0.15, 0.2) is 36.5 Å². The zero-order valence-electron chi connectivity index (χ0n) is 11.9. The Kier molecular flexibility index (Phi) is 4.33. The average molecular weight is 284 g/mol. The van der Waals surface area contributed by atoms with Crippen LogP contribution in [0.5, 0.6) is 0 Å². The smallest absolute Gasteiger partial charge is 0.335 e. The zero-order chi connectivity index (χ0) is 15.4. The fourth-order valence-corrected chi connectivity index (χ4v) is 1.92. The van der Waals surface area contributed by atoms with Gasteiger partial charge < -0.3 is 10.4 Å². The number of aryl methyl sites for hydroxylation is 2. The highest BCUT2D eigenvalue weighted by molar-refractivity contribution is 5.93. The van der Waals surface area contributed by atoms with Crippen molar-refractivity contribution in [1.29, 1.82) is 0 Å². The molecule has 1 aromatic heterocycles. The summed E-state index contributed by atoms with van der Waals surface area (Å²) in [6.45, 7) is 4.01. The maximum absolute atomic E-state index is 12.0. The van der Waals surface area contributed by atoms with E-state index in [0.717, 1.165) is 11.1 Å². The van der Waals surface area contributed by atoms with Crippen LogP contribution in [0.25, 0.3) is 0 Å². The van der Waals surface area contributed by atoms with Gasteiger partial charge in [0.25, 0.3) is 0 Å². The van der Waals surface area contributed by atoms with Crippen LogP contribution in [0.3, 0.4) is 0 Å². The predicted molar refractivity (Wildman–Crippen MR) is 79.4 cm³/mol. The number of anilines is 1. The zero-order valence-corrected chi connectivity index (χ0v) is 11.9. The summed E-state index contributed by atoms with van der Waals surface area (Å²) in [5, 5.41) is 11.5. The van der Waals surface area contributed by atoms with Crippen molar-refractivity contribution >= 4 is 17.7 Å². The standard InChI is InChI=1S/C16H16N2O3/c1-10-3-4-12(7-11(10)2)8-15(19)18-14-9-13(16(20)21)5-6-17-14/h3-7,9H,8H2,1-2H3,(H,20,21)(H,17,18,19). The number of amides is 1. The first kappa shape index (κ1) is 14.7. The molecule has 108 valence electrons. The SMILES string of the molecule is Cc1ccc(CC(=O)Nc2cc(C(=O)O)ccn2)cc1C. The molecule has 2 N–H and O–H groups in total. The molecule has 0 aliphatic carbocycles. The molecule has 0 atom stereocenters. The minimum absolute atomic E-state index is 0.0893. The van der Waals surface area contributed by atoms with Crippen molar-refractivity contribution in [2.45, 2.75) is 20.3 Å². The van der Waals surface area contributed by atoms with Crippen molar-refractivity contribution in [1.82, 2.24) is 4.98 Å². The lowest BCUT2D eigenvalue weighted by molar-refractivity contribution is -0.115. The Labute approximate surface area is 122 Å². The molecule has 0 unspecified atom stereocenters. The van der Waals surface area contributed by atoms with E-state index in [2.05, 4.69) is 10.3 Å². The van der Waals surface area contributed by atoms with E-state index in [-0.39, 0.29) is 23.7 Å². The molecule has 2 rings (SSSR count). The third-order valence-corrected chi connectivity index (χ3v) is 3.21. The highest BCUT2D eigenvalue weighted by Gasteiger charge is 2.08. The van der Waals surface area contributed by atoms with Gasteiger partial charge in [-0.2, -0.15) is 0 Å². The van der Waals surface area contributed by atoms with Gasteiger partial charge in [0.15, 0.2) is 0 Å². The molecule has 0 aliphatic rings. The van der Waals surface area contributed by atoms with Crippen LogP contribution in [-0.4, -0.2) is 22.0 Å². The number of carboxylic acids is 1. The van der Waals surface area contributed by atoms with Crippen molar-refractivity contribution in [2.75, 3.05) is 5.32 Å². The summed E-state index contributed by atoms with van der Waals surface area (Å²) in [6, 6.07) is 8.56. The quantitative estimate of drug-likeness (QED) is 0.904. The number of carbonyl (C=O) groups excluding carboxylic acids is 1. The van der Waals surface area contributed by atoms with Gasteiger partial charge in [-0.15, -0.1) is 0 Å². The van der Waals surface area contributed by atoms with Crippen molar-refractivity contribution < 1.29 is 14.7 Å². The maximum atomic E-state index is 12.0. The molecule has 5 nitrogen and oxygen atoms in total. The summed E-state index contributed by atoms with van der Waals surface area (Å²) >= 11 is 0. The number of nitrogens with zero attached hydrogens (tertiary/aromatic N) is 1. The Morgan fingerprint density at radius 2 is 1.90 bits per heavy atom. The molecule has 0 aliphatic heterocycles. The molecule has 0 bridgehead atoms. The van der Waals surface area contributed by atoms with E-state index in [1.54, 1.807) is 0 Å². The summed E-state index contributed by atoms with van der Waals surface area (Å²) in [4.78, 5) is 26.8.